The highest BCUT2D eigenvalue weighted by molar-refractivity contribution is 5.82. The number of carbonyl (C=O) groups excluding carboxylic acids is 1. The summed E-state index contributed by atoms with van der Waals surface area (Å²) in [6.45, 7) is 11.2. The van der Waals surface area contributed by atoms with E-state index in [4.69, 9.17) is 4.74 Å². The summed E-state index contributed by atoms with van der Waals surface area (Å²) in [6.07, 6.45) is 1.65. The Morgan fingerprint density at radius 1 is 1.40 bits per heavy atom. The normalized spacial score (nSPS) is 20.4. The van der Waals surface area contributed by atoms with E-state index in [1.165, 1.54) is 5.56 Å². The second-order valence-corrected chi connectivity index (χ2v) is 7.67. The lowest BCUT2D eigenvalue weighted by Crippen LogP contribution is -2.57. The first-order chi connectivity index (χ1) is 11.7. The van der Waals surface area contributed by atoms with Crippen LogP contribution in [0.1, 0.15) is 32.0 Å². The average Bonchev–Trinajstić information content (AvgIpc) is 3.08. The third kappa shape index (κ3) is 3.88. The predicted octanol–water partition coefficient (Wildman–Crippen LogP) is 1.11. The highest BCUT2D eigenvalue weighted by Crippen LogP contribution is 2.19. The predicted molar refractivity (Wildman–Crippen MR) is 95.4 cm³/mol. The first-order valence-corrected chi connectivity index (χ1v) is 8.75. The van der Waals surface area contributed by atoms with E-state index >= 15 is 0 Å². The third-order valence-electron chi connectivity index (χ3n) is 4.63. The molecule has 1 aromatic rings. The van der Waals surface area contributed by atoms with Gasteiger partial charge in [-0.3, -0.25) is 9.67 Å². The zero-order chi connectivity index (χ0) is 18.2. The number of hydrogen-bond donors (Lipinski definition) is 1. The summed E-state index contributed by atoms with van der Waals surface area (Å²) in [5.74, 6) is 0.914. The van der Waals surface area contributed by atoms with Gasteiger partial charge in [-0.1, -0.05) is 0 Å². The lowest BCUT2D eigenvalue weighted by atomic mass is 10.2. The van der Waals surface area contributed by atoms with Gasteiger partial charge in [0.2, 0.25) is 0 Å². The molecule has 0 aliphatic carbocycles. The van der Waals surface area contributed by atoms with Crippen LogP contribution in [0.25, 0.3) is 0 Å². The summed E-state index contributed by atoms with van der Waals surface area (Å²) in [5, 5.41) is 7.69. The molecule has 0 aromatic carbocycles. The molecule has 2 aliphatic heterocycles. The lowest BCUT2D eigenvalue weighted by molar-refractivity contribution is 0.0137. The molecule has 138 valence electrons. The Bertz CT molecular complexity index is 675. The molecule has 8 heteroatoms. The largest absolute Gasteiger partial charge is 0.444 e. The van der Waals surface area contributed by atoms with Gasteiger partial charge in [0.05, 0.1) is 18.8 Å². The molecule has 25 heavy (non-hydrogen) atoms. The number of rotatable bonds is 2. The Morgan fingerprint density at radius 2 is 2.16 bits per heavy atom. The molecule has 1 atom stereocenters. The Hall–Kier alpha value is -2.25. The minimum absolute atomic E-state index is 0.221. The molecule has 0 saturated carbocycles. The summed E-state index contributed by atoms with van der Waals surface area (Å²) in [4.78, 5) is 20.9. The summed E-state index contributed by atoms with van der Waals surface area (Å²) in [5.41, 5.74) is 1.85. The number of carbonyl (C=O) groups is 1. The standard InChI is InChI=1S/C17H28N6O2/c1-12-13(9-20-21(12)5)8-18-15-19-10-14-11-22(6-7-23(14)15)16(24)25-17(2,3)4/h9,14H,6-8,10-11H2,1-5H3,(H,18,19). The van der Waals surface area contributed by atoms with Gasteiger partial charge in [-0.2, -0.15) is 5.10 Å². The number of amides is 1. The maximum absolute atomic E-state index is 12.3. The van der Waals surface area contributed by atoms with Crippen molar-refractivity contribution in [2.45, 2.75) is 45.9 Å². The lowest BCUT2D eigenvalue weighted by Gasteiger charge is -2.39. The van der Waals surface area contributed by atoms with Crippen molar-refractivity contribution in [1.29, 1.82) is 0 Å². The molecular formula is C17H28N6O2. The Kier molecular flexibility index (Phi) is 4.62. The van der Waals surface area contributed by atoms with Gasteiger partial charge in [0, 0.05) is 44.5 Å². The minimum atomic E-state index is -0.464. The molecule has 1 aromatic heterocycles. The van der Waals surface area contributed by atoms with Crippen molar-refractivity contribution in [1.82, 2.24) is 24.9 Å². The first-order valence-electron chi connectivity index (χ1n) is 8.75. The highest BCUT2D eigenvalue weighted by atomic mass is 16.6. The zero-order valence-corrected chi connectivity index (χ0v) is 15.7. The molecule has 2 aliphatic rings. The number of aryl methyl sites for hydroxylation is 1. The first kappa shape index (κ1) is 17.6. The molecule has 0 radical (unpaired) electrons. The number of piperazine rings is 1. The number of fused-ring (bicyclic) bond motifs is 1. The number of aromatic nitrogens is 2. The Labute approximate surface area is 148 Å². The van der Waals surface area contributed by atoms with Crippen LogP contribution >= 0.6 is 0 Å². The van der Waals surface area contributed by atoms with Crippen LogP contribution in [0.2, 0.25) is 0 Å². The van der Waals surface area contributed by atoms with Crippen LogP contribution in [-0.2, 0) is 18.3 Å². The van der Waals surface area contributed by atoms with Gasteiger partial charge in [-0.05, 0) is 27.7 Å². The van der Waals surface area contributed by atoms with E-state index < -0.39 is 5.60 Å². The van der Waals surface area contributed by atoms with Crippen LogP contribution in [0.5, 0.6) is 0 Å². The molecule has 3 heterocycles. The van der Waals surface area contributed by atoms with Crippen molar-refractivity contribution in [3.63, 3.8) is 0 Å². The number of hydrogen-bond acceptors (Lipinski definition) is 6. The molecule has 3 rings (SSSR count). The van der Waals surface area contributed by atoms with Crippen LogP contribution < -0.4 is 5.32 Å². The number of aliphatic imine (C=N–C) groups is 1. The van der Waals surface area contributed by atoms with Crippen molar-refractivity contribution in [3.8, 4) is 0 Å². The fourth-order valence-electron chi connectivity index (χ4n) is 3.11. The quantitative estimate of drug-likeness (QED) is 0.867. The third-order valence-corrected chi connectivity index (χ3v) is 4.63. The zero-order valence-electron chi connectivity index (χ0n) is 15.7. The van der Waals surface area contributed by atoms with E-state index in [0.717, 1.165) is 18.2 Å². The summed E-state index contributed by atoms with van der Waals surface area (Å²) < 4.78 is 7.35. The monoisotopic (exact) mass is 348 g/mol. The number of ether oxygens (including phenoxy) is 1. The van der Waals surface area contributed by atoms with Gasteiger partial charge in [-0.15, -0.1) is 0 Å². The highest BCUT2D eigenvalue weighted by Gasteiger charge is 2.36. The maximum atomic E-state index is 12.3. The van der Waals surface area contributed by atoms with E-state index in [1.807, 2.05) is 38.7 Å². The van der Waals surface area contributed by atoms with Crippen molar-refractivity contribution < 1.29 is 9.53 Å². The number of nitrogens with one attached hydrogen (secondary N) is 1. The fraction of sp³-hybridized carbons (Fsp3) is 0.706. The summed E-state index contributed by atoms with van der Waals surface area (Å²) in [7, 11) is 1.94. The van der Waals surface area contributed by atoms with Crippen LogP contribution in [-0.4, -0.2) is 69.5 Å². The van der Waals surface area contributed by atoms with Crippen molar-refractivity contribution in [3.05, 3.63) is 17.5 Å². The van der Waals surface area contributed by atoms with Crippen LogP contribution in [0.15, 0.2) is 11.2 Å². The van der Waals surface area contributed by atoms with Crippen molar-refractivity contribution >= 4 is 12.1 Å². The van der Waals surface area contributed by atoms with E-state index in [9.17, 15) is 4.79 Å². The van der Waals surface area contributed by atoms with Gasteiger partial charge >= 0.3 is 6.09 Å². The Balaban J connectivity index is 1.54. The molecule has 1 N–H and O–H groups in total. The second-order valence-electron chi connectivity index (χ2n) is 7.67. The molecule has 1 amide bonds. The van der Waals surface area contributed by atoms with E-state index in [-0.39, 0.29) is 12.1 Å². The maximum Gasteiger partial charge on any atom is 0.410 e. The van der Waals surface area contributed by atoms with E-state index in [2.05, 4.69) is 27.2 Å². The molecule has 0 spiro atoms. The smallest absolute Gasteiger partial charge is 0.410 e. The van der Waals surface area contributed by atoms with Crippen molar-refractivity contribution in [2.24, 2.45) is 12.0 Å². The molecular weight excluding hydrogens is 320 g/mol. The van der Waals surface area contributed by atoms with Crippen LogP contribution in [0, 0.1) is 6.92 Å². The molecule has 1 fully saturated rings. The molecule has 1 saturated heterocycles. The number of nitrogens with zero attached hydrogens (tertiary/aromatic N) is 5. The summed E-state index contributed by atoms with van der Waals surface area (Å²) >= 11 is 0. The van der Waals surface area contributed by atoms with Gasteiger partial charge < -0.3 is 19.9 Å². The summed E-state index contributed by atoms with van der Waals surface area (Å²) in [6, 6.07) is 0.221. The van der Waals surface area contributed by atoms with Crippen LogP contribution in [0.4, 0.5) is 4.79 Å². The average molecular weight is 348 g/mol. The molecule has 1 unspecified atom stereocenters. The van der Waals surface area contributed by atoms with Gasteiger partial charge in [0.1, 0.15) is 5.60 Å². The van der Waals surface area contributed by atoms with E-state index in [1.54, 1.807) is 4.90 Å². The topological polar surface area (TPSA) is 75.0 Å². The molecule has 0 bridgehead atoms. The number of guanidine groups is 1. The minimum Gasteiger partial charge on any atom is -0.444 e. The fourth-order valence-corrected chi connectivity index (χ4v) is 3.11. The Morgan fingerprint density at radius 3 is 2.80 bits per heavy atom. The van der Waals surface area contributed by atoms with Gasteiger partial charge in [-0.25, -0.2) is 4.79 Å². The SMILES string of the molecule is Cc1c(CNC2=NCC3CN(C(=O)OC(C)(C)C)CCN23)cnn1C. The van der Waals surface area contributed by atoms with Gasteiger partial charge in [0.15, 0.2) is 5.96 Å². The second kappa shape index (κ2) is 6.57. The van der Waals surface area contributed by atoms with Crippen molar-refractivity contribution in [2.75, 3.05) is 26.2 Å². The van der Waals surface area contributed by atoms with E-state index in [0.29, 0.717) is 26.2 Å². The van der Waals surface area contributed by atoms with Gasteiger partial charge in [0.25, 0.3) is 0 Å². The van der Waals surface area contributed by atoms with Crippen LogP contribution in [0.3, 0.4) is 0 Å². The molecule has 8 nitrogen and oxygen atoms in total.